The van der Waals surface area contributed by atoms with Gasteiger partial charge in [0.15, 0.2) is 5.82 Å². The van der Waals surface area contributed by atoms with Crippen LogP contribution < -0.4 is 10.2 Å². The number of carbonyl (C=O) groups is 1. The smallest absolute Gasteiger partial charge is 0.223 e. The Bertz CT molecular complexity index is 975. The van der Waals surface area contributed by atoms with E-state index in [-0.39, 0.29) is 36.4 Å². The van der Waals surface area contributed by atoms with Crippen LogP contribution in [0, 0.1) is 31.5 Å². The van der Waals surface area contributed by atoms with Crippen LogP contribution in [-0.2, 0) is 16.1 Å². The summed E-state index contributed by atoms with van der Waals surface area (Å²) >= 11 is 0. The van der Waals surface area contributed by atoms with E-state index in [1.54, 1.807) is 0 Å². The molecule has 172 valence electrons. The summed E-state index contributed by atoms with van der Waals surface area (Å²) in [6, 6.07) is 7.78. The highest BCUT2D eigenvalue weighted by Gasteiger charge is 2.33. The summed E-state index contributed by atoms with van der Waals surface area (Å²) in [5.41, 5.74) is 4.58. The van der Waals surface area contributed by atoms with E-state index in [4.69, 9.17) is 4.74 Å². The number of anilines is 1. The van der Waals surface area contributed by atoms with E-state index in [0.29, 0.717) is 30.3 Å². The molecule has 2 aromatic rings. The highest BCUT2D eigenvalue weighted by Crippen LogP contribution is 2.37. The minimum Gasteiger partial charge on any atom is -0.372 e. The van der Waals surface area contributed by atoms with Gasteiger partial charge in [0.05, 0.1) is 17.9 Å². The molecule has 1 N–H and O–H groups in total. The van der Waals surface area contributed by atoms with Gasteiger partial charge in [-0.3, -0.25) is 9.78 Å². The molecular formula is C26H34FN3O2. The molecule has 3 atom stereocenters. The molecule has 1 saturated carbocycles. The van der Waals surface area contributed by atoms with Crippen LogP contribution in [0.2, 0.25) is 0 Å². The van der Waals surface area contributed by atoms with Crippen molar-refractivity contribution >= 4 is 11.6 Å². The minimum absolute atomic E-state index is 0.000963. The molecule has 3 unspecified atom stereocenters. The first-order valence-corrected chi connectivity index (χ1v) is 11.7. The Morgan fingerprint density at radius 3 is 2.41 bits per heavy atom. The lowest BCUT2D eigenvalue weighted by atomic mass is 9.96. The first kappa shape index (κ1) is 22.7. The van der Waals surface area contributed by atoms with Crippen LogP contribution in [0.5, 0.6) is 0 Å². The highest BCUT2D eigenvalue weighted by atomic mass is 19.1. The van der Waals surface area contributed by atoms with Crippen molar-refractivity contribution in [1.29, 1.82) is 0 Å². The zero-order chi connectivity index (χ0) is 23.0. The molecule has 1 aromatic carbocycles. The SMILES string of the molecule is Cc1cc(-c2ccc(N3CC(C)OC(C)C3)c(F)c2CNC(=O)C(C)C2CC2)cc(C)n1. The largest absolute Gasteiger partial charge is 0.372 e. The summed E-state index contributed by atoms with van der Waals surface area (Å²) in [5, 5.41) is 3.01. The third kappa shape index (κ3) is 4.96. The third-order valence-electron chi connectivity index (χ3n) is 6.56. The van der Waals surface area contributed by atoms with Gasteiger partial charge in [-0.1, -0.05) is 13.0 Å². The van der Waals surface area contributed by atoms with Gasteiger partial charge in [-0.05, 0) is 75.8 Å². The van der Waals surface area contributed by atoms with Crippen LogP contribution in [0.15, 0.2) is 24.3 Å². The van der Waals surface area contributed by atoms with Crippen LogP contribution in [0.4, 0.5) is 10.1 Å². The first-order valence-electron chi connectivity index (χ1n) is 11.7. The van der Waals surface area contributed by atoms with Gasteiger partial charge in [0.1, 0.15) is 0 Å². The van der Waals surface area contributed by atoms with E-state index in [2.05, 4.69) is 15.2 Å². The van der Waals surface area contributed by atoms with Crippen molar-refractivity contribution in [2.75, 3.05) is 18.0 Å². The van der Waals surface area contributed by atoms with E-state index in [1.807, 2.05) is 58.9 Å². The number of carbonyl (C=O) groups excluding carboxylic acids is 1. The molecule has 1 saturated heterocycles. The van der Waals surface area contributed by atoms with Gasteiger partial charge in [-0.2, -0.15) is 0 Å². The molecule has 2 aliphatic rings. The Morgan fingerprint density at radius 1 is 1.19 bits per heavy atom. The average molecular weight is 440 g/mol. The fourth-order valence-electron chi connectivity index (χ4n) is 4.81. The first-order chi connectivity index (χ1) is 15.2. The van der Waals surface area contributed by atoms with Gasteiger partial charge in [0.25, 0.3) is 0 Å². The molecule has 5 nitrogen and oxygen atoms in total. The quantitative estimate of drug-likeness (QED) is 0.704. The Balaban J connectivity index is 1.70. The average Bonchev–Trinajstić information content (AvgIpc) is 3.55. The number of rotatable bonds is 6. The number of hydrogen-bond acceptors (Lipinski definition) is 4. The lowest BCUT2D eigenvalue weighted by Gasteiger charge is -2.37. The molecule has 32 heavy (non-hydrogen) atoms. The third-order valence-corrected chi connectivity index (χ3v) is 6.56. The van der Waals surface area contributed by atoms with E-state index in [9.17, 15) is 4.79 Å². The maximum atomic E-state index is 16.0. The monoisotopic (exact) mass is 439 g/mol. The van der Waals surface area contributed by atoms with Crippen LogP contribution >= 0.6 is 0 Å². The fourth-order valence-corrected chi connectivity index (χ4v) is 4.81. The number of aromatic nitrogens is 1. The normalized spacial score (nSPS) is 22.0. The fraction of sp³-hybridized carbons (Fsp3) is 0.538. The van der Waals surface area contributed by atoms with E-state index >= 15 is 4.39 Å². The second kappa shape index (κ2) is 9.18. The molecule has 2 heterocycles. The van der Waals surface area contributed by atoms with Gasteiger partial charge < -0.3 is 15.0 Å². The highest BCUT2D eigenvalue weighted by molar-refractivity contribution is 5.80. The summed E-state index contributed by atoms with van der Waals surface area (Å²) in [6.45, 7) is 11.3. The molecule has 1 aliphatic heterocycles. The van der Waals surface area contributed by atoms with E-state index in [1.165, 1.54) is 0 Å². The zero-order valence-corrected chi connectivity index (χ0v) is 19.7. The number of hydrogen-bond donors (Lipinski definition) is 1. The van der Waals surface area contributed by atoms with Crippen molar-refractivity contribution < 1.29 is 13.9 Å². The van der Waals surface area contributed by atoms with Crippen molar-refractivity contribution in [1.82, 2.24) is 10.3 Å². The molecule has 1 amide bonds. The lowest BCUT2D eigenvalue weighted by Crippen LogP contribution is -2.46. The van der Waals surface area contributed by atoms with Gasteiger partial charge in [0.2, 0.25) is 5.91 Å². The number of nitrogens with zero attached hydrogens (tertiary/aromatic N) is 2. The molecular weight excluding hydrogens is 405 g/mol. The molecule has 2 fully saturated rings. The standard InChI is InChI=1S/C26H34FN3O2/c1-15-10-21(11-16(2)29-15)22-8-9-24(30-13-17(3)32-18(4)14-30)25(27)23(22)12-28-26(31)19(5)20-6-7-20/h8-11,17-20H,6-7,12-14H2,1-5H3,(H,28,31). The number of nitrogens with one attached hydrogen (secondary N) is 1. The second-order valence-electron chi connectivity index (χ2n) is 9.57. The molecule has 0 spiro atoms. The number of ether oxygens (including phenoxy) is 1. The summed E-state index contributed by atoms with van der Waals surface area (Å²) in [6.07, 6.45) is 2.27. The maximum absolute atomic E-state index is 16.0. The molecule has 0 bridgehead atoms. The molecule has 0 radical (unpaired) electrons. The van der Waals surface area contributed by atoms with Crippen molar-refractivity contribution in [2.45, 2.75) is 66.2 Å². The number of morpholine rings is 1. The summed E-state index contributed by atoms with van der Waals surface area (Å²) in [5.74, 6) is 0.165. The van der Waals surface area contributed by atoms with Gasteiger partial charge in [0, 0.05) is 42.5 Å². The number of amides is 1. The Morgan fingerprint density at radius 2 is 1.81 bits per heavy atom. The van der Waals surface area contributed by atoms with E-state index < -0.39 is 0 Å². The van der Waals surface area contributed by atoms with Crippen LogP contribution in [0.3, 0.4) is 0 Å². The summed E-state index contributed by atoms with van der Waals surface area (Å²) < 4.78 is 21.9. The van der Waals surface area contributed by atoms with Gasteiger partial charge in [-0.15, -0.1) is 0 Å². The van der Waals surface area contributed by atoms with Crippen molar-refractivity contribution in [3.05, 3.63) is 47.0 Å². The minimum atomic E-state index is -0.268. The number of halogens is 1. The number of pyridine rings is 1. The Labute approximate surface area is 190 Å². The Hall–Kier alpha value is -2.47. The van der Waals surface area contributed by atoms with Crippen molar-refractivity contribution in [2.24, 2.45) is 11.8 Å². The maximum Gasteiger partial charge on any atom is 0.223 e. The van der Waals surface area contributed by atoms with Gasteiger partial charge >= 0.3 is 0 Å². The van der Waals surface area contributed by atoms with Crippen molar-refractivity contribution in [3.8, 4) is 11.1 Å². The van der Waals surface area contributed by atoms with Crippen molar-refractivity contribution in [3.63, 3.8) is 0 Å². The second-order valence-corrected chi connectivity index (χ2v) is 9.57. The molecule has 1 aromatic heterocycles. The zero-order valence-electron chi connectivity index (χ0n) is 19.7. The summed E-state index contributed by atoms with van der Waals surface area (Å²) in [4.78, 5) is 19.2. The van der Waals surface area contributed by atoms with Gasteiger partial charge in [-0.25, -0.2) is 4.39 Å². The van der Waals surface area contributed by atoms with Crippen LogP contribution in [0.1, 0.15) is 50.6 Å². The predicted molar refractivity (Wildman–Crippen MR) is 125 cm³/mol. The lowest BCUT2D eigenvalue weighted by molar-refractivity contribution is -0.125. The Kier molecular flexibility index (Phi) is 6.52. The van der Waals surface area contributed by atoms with E-state index in [0.717, 1.165) is 35.4 Å². The molecule has 1 aliphatic carbocycles. The van der Waals surface area contributed by atoms with Crippen LogP contribution in [-0.4, -0.2) is 36.2 Å². The molecule has 4 rings (SSSR count). The topological polar surface area (TPSA) is 54.5 Å². The number of benzene rings is 1. The molecule has 6 heteroatoms. The van der Waals surface area contributed by atoms with Crippen LogP contribution in [0.25, 0.3) is 11.1 Å². The summed E-state index contributed by atoms with van der Waals surface area (Å²) in [7, 11) is 0. The number of aryl methyl sites for hydroxylation is 2. The predicted octanol–water partition coefficient (Wildman–Crippen LogP) is 4.78.